The number of hydrogen-bond donors (Lipinski definition) is 2. The molecule has 9 heteroatoms. The molecule has 0 bridgehead atoms. The largest absolute Gasteiger partial charge is 0.437 e. The zero-order valence-corrected chi connectivity index (χ0v) is 18.4. The van der Waals surface area contributed by atoms with Gasteiger partial charge in [-0.3, -0.25) is 0 Å². The van der Waals surface area contributed by atoms with E-state index in [-0.39, 0.29) is 0 Å². The molecule has 3 aromatic carbocycles. The van der Waals surface area contributed by atoms with Gasteiger partial charge in [-0.05, 0) is 36.4 Å². The van der Waals surface area contributed by atoms with E-state index in [2.05, 4.69) is 35.5 Å². The van der Waals surface area contributed by atoms with E-state index in [0.717, 1.165) is 27.7 Å². The summed E-state index contributed by atoms with van der Waals surface area (Å²) >= 11 is 6.04. The number of rotatable bonds is 5. The first-order valence-electron chi connectivity index (χ1n) is 10.4. The highest BCUT2D eigenvalue weighted by molar-refractivity contribution is 6.30. The Balaban J connectivity index is 1.28. The van der Waals surface area contributed by atoms with Gasteiger partial charge in [0, 0.05) is 27.0 Å². The van der Waals surface area contributed by atoms with Gasteiger partial charge in [-0.25, -0.2) is 9.97 Å². The average molecular weight is 466 g/mol. The number of imidazole rings is 1. The molecule has 0 aliphatic carbocycles. The van der Waals surface area contributed by atoms with Gasteiger partial charge >= 0.3 is 0 Å². The summed E-state index contributed by atoms with van der Waals surface area (Å²) in [5.41, 5.74) is 3.80. The van der Waals surface area contributed by atoms with Gasteiger partial charge in [0.15, 0.2) is 17.0 Å². The van der Waals surface area contributed by atoms with E-state index in [1.165, 1.54) is 6.33 Å². The van der Waals surface area contributed by atoms with Crippen LogP contribution in [-0.4, -0.2) is 30.1 Å². The number of aromatic nitrogens is 6. The molecule has 0 saturated heterocycles. The summed E-state index contributed by atoms with van der Waals surface area (Å²) in [6, 6.07) is 23.1. The molecule has 0 aliphatic rings. The smallest absolute Gasteiger partial charge is 0.250 e. The van der Waals surface area contributed by atoms with Crippen LogP contribution in [0, 0.1) is 0 Å². The molecule has 3 heterocycles. The van der Waals surface area contributed by atoms with E-state index in [4.69, 9.17) is 16.3 Å². The maximum Gasteiger partial charge on any atom is 0.250 e. The number of hydrogen-bond acceptors (Lipinski definition) is 7. The summed E-state index contributed by atoms with van der Waals surface area (Å²) in [4.78, 5) is 15.5. The molecule has 2 N–H and O–H groups in total. The molecular weight excluding hydrogens is 450 g/mol. The second kappa shape index (κ2) is 8.42. The van der Waals surface area contributed by atoms with E-state index in [1.807, 2.05) is 72.8 Å². The van der Waals surface area contributed by atoms with Crippen LogP contribution in [0.25, 0.3) is 33.2 Å². The van der Waals surface area contributed by atoms with Crippen molar-refractivity contribution in [1.82, 2.24) is 30.1 Å². The van der Waals surface area contributed by atoms with Gasteiger partial charge < -0.3 is 15.0 Å². The van der Waals surface area contributed by atoms with Crippen molar-refractivity contribution in [1.29, 1.82) is 0 Å². The zero-order chi connectivity index (χ0) is 22.9. The SMILES string of the molecule is Clc1ccc(-c2nnc(Nc3ccc(Oc4ncnc5[nH]cnc45)cc3)c3ccccc23)cc1. The molecule has 6 aromatic rings. The molecule has 6 rings (SSSR count). The monoisotopic (exact) mass is 465 g/mol. The van der Waals surface area contributed by atoms with Crippen LogP contribution in [0.4, 0.5) is 11.5 Å². The molecule has 0 aliphatic heterocycles. The zero-order valence-electron chi connectivity index (χ0n) is 17.6. The summed E-state index contributed by atoms with van der Waals surface area (Å²) in [6.45, 7) is 0. The van der Waals surface area contributed by atoms with Crippen LogP contribution in [0.2, 0.25) is 5.02 Å². The minimum atomic E-state index is 0.390. The van der Waals surface area contributed by atoms with Gasteiger partial charge in [0.1, 0.15) is 17.8 Å². The van der Waals surface area contributed by atoms with Crippen LogP contribution in [0.5, 0.6) is 11.6 Å². The van der Waals surface area contributed by atoms with E-state index >= 15 is 0 Å². The second-order valence-electron chi connectivity index (χ2n) is 7.48. The Morgan fingerprint density at radius 1 is 0.794 bits per heavy atom. The number of halogens is 1. The molecule has 0 saturated carbocycles. The van der Waals surface area contributed by atoms with Gasteiger partial charge in [-0.1, -0.05) is 48.0 Å². The van der Waals surface area contributed by atoms with Gasteiger partial charge in [-0.2, -0.15) is 4.98 Å². The Bertz CT molecular complexity index is 1620. The summed E-state index contributed by atoms with van der Waals surface area (Å²) in [6.07, 6.45) is 2.99. The first-order valence-corrected chi connectivity index (χ1v) is 10.8. The summed E-state index contributed by atoms with van der Waals surface area (Å²) < 4.78 is 5.90. The number of fused-ring (bicyclic) bond motifs is 2. The number of aromatic amines is 1. The van der Waals surface area contributed by atoms with E-state index in [9.17, 15) is 0 Å². The third-order valence-corrected chi connectivity index (χ3v) is 5.57. The fourth-order valence-electron chi connectivity index (χ4n) is 3.69. The van der Waals surface area contributed by atoms with Crippen LogP contribution in [0.3, 0.4) is 0 Å². The third-order valence-electron chi connectivity index (χ3n) is 5.32. The van der Waals surface area contributed by atoms with Crippen molar-refractivity contribution in [2.24, 2.45) is 0 Å². The Labute approximate surface area is 198 Å². The number of ether oxygens (including phenoxy) is 1. The fourth-order valence-corrected chi connectivity index (χ4v) is 3.82. The Kier molecular flexibility index (Phi) is 4.97. The standard InChI is InChI=1S/C25H16ClN7O/c26-16-7-5-15(6-8-16)21-19-3-1-2-4-20(19)23(33-32-21)31-17-9-11-18(12-10-17)34-25-22-24(28-13-27-22)29-14-30-25/h1-14H,(H,31,33)(H,27,28,29,30). The maximum atomic E-state index is 6.04. The van der Waals surface area contributed by atoms with Crippen molar-refractivity contribution in [3.05, 3.63) is 90.5 Å². The highest BCUT2D eigenvalue weighted by atomic mass is 35.5. The minimum absolute atomic E-state index is 0.390. The van der Waals surface area contributed by atoms with Gasteiger partial charge in [0.25, 0.3) is 5.88 Å². The summed E-state index contributed by atoms with van der Waals surface area (Å²) in [7, 11) is 0. The van der Waals surface area contributed by atoms with Crippen LogP contribution in [-0.2, 0) is 0 Å². The van der Waals surface area contributed by atoms with E-state index in [1.54, 1.807) is 6.33 Å². The first kappa shape index (κ1) is 20.1. The molecule has 3 aromatic heterocycles. The number of H-pyrrole nitrogens is 1. The number of anilines is 2. The van der Waals surface area contributed by atoms with Gasteiger partial charge in [0.05, 0.1) is 6.33 Å². The molecule has 0 fully saturated rings. The van der Waals surface area contributed by atoms with Crippen LogP contribution >= 0.6 is 11.6 Å². The van der Waals surface area contributed by atoms with Gasteiger partial charge in [-0.15, -0.1) is 10.2 Å². The molecule has 0 spiro atoms. The molecule has 0 atom stereocenters. The Morgan fingerprint density at radius 3 is 2.41 bits per heavy atom. The van der Waals surface area contributed by atoms with E-state index in [0.29, 0.717) is 33.6 Å². The highest BCUT2D eigenvalue weighted by Gasteiger charge is 2.12. The number of nitrogens with zero attached hydrogens (tertiary/aromatic N) is 5. The molecular formula is C25H16ClN7O. The van der Waals surface area contributed by atoms with Crippen molar-refractivity contribution in [2.45, 2.75) is 0 Å². The van der Waals surface area contributed by atoms with Crippen molar-refractivity contribution in [3.8, 4) is 22.9 Å². The summed E-state index contributed by atoms with van der Waals surface area (Å²) in [5, 5.41) is 15.0. The average Bonchev–Trinajstić information content (AvgIpc) is 3.36. The maximum absolute atomic E-state index is 6.04. The first-order chi connectivity index (χ1) is 16.7. The molecule has 164 valence electrons. The van der Waals surface area contributed by atoms with Crippen molar-refractivity contribution in [2.75, 3.05) is 5.32 Å². The second-order valence-corrected chi connectivity index (χ2v) is 7.92. The molecule has 0 unspecified atom stereocenters. The fraction of sp³-hybridized carbons (Fsp3) is 0. The van der Waals surface area contributed by atoms with E-state index < -0.39 is 0 Å². The van der Waals surface area contributed by atoms with Crippen molar-refractivity contribution in [3.63, 3.8) is 0 Å². The van der Waals surface area contributed by atoms with Crippen molar-refractivity contribution >= 4 is 45.0 Å². The van der Waals surface area contributed by atoms with Crippen molar-refractivity contribution < 1.29 is 4.74 Å². The quantitative estimate of drug-likeness (QED) is 0.314. The number of nitrogens with one attached hydrogen (secondary N) is 2. The highest BCUT2D eigenvalue weighted by Crippen LogP contribution is 2.32. The van der Waals surface area contributed by atoms with Crippen LogP contribution in [0.1, 0.15) is 0 Å². The molecule has 34 heavy (non-hydrogen) atoms. The lowest BCUT2D eigenvalue weighted by Gasteiger charge is -2.12. The normalized spacial score (nSPS) is 11.1. The molecule has 0 radical (unpaired) electrons. The lowest BCUT2D eigenvalue weighted by atomic mass is 10.0. The minimum Gasteiger partial charge on any atom is -0.437 e. The predicted molar refractivity (Wildman–Crippen MR) is 131 cm³/mol. The summed E-state index contributed by atoms with van der Waals surface area (Å²) in [5.74, 6) is 1.68. The molecule has 0 amide bonds. The predicted octanol–water partition coefficient (Wildman–Crippen LogP) is 6.15. The lowest BCUT2D eigenvalue weighted by Crippen LogP contribution is -1.99. The Morgan fingerprint density at radius 2 is 1.59 bits per heavy atom. The lowest BCUT2D eigenvalue weighted by molar-refractivity contribution is 0.467. The van der Waals surface area contributed by atoms with Crippen LogP contribution < -0.4 is 10.1 Å². The van der Waals surface area contributed by atoms with Crippen LogP contribution in [0.15, 0.2) is 85.5 Å². The third kappa shape index (κ3) is 3.76. The molecule has 8 nitrogen and oxygen atoms in total. The number of benzene rings is 3. The Hall–Kier alpha value is -4.56. The van der Waals surface area contributed by atoms with Gasteiger partial charge in [0.2, 0.25) is 0 Å². The topological polar surface area (TPSA) is 102 Å².